The third kappa shape index (κ3) is 7.06. The monoisotopic (exact) mass is 640 g/mol. The fourth-order valence-electron chi connectivity index (χ4n) is 4.03. The van der Waals surface area contributed by atoms with E-state index in [0.717, 1.165) is 24.3 Å². The highest BCUT2D eigenvalue weighted by atomic mass is 19.4. The van der Waals surface area contributed by atoms with E-state index in [4.69, 9.17) is 20.9 Å². The van der Waals surface area contributed by atoms with Gasteiger partial charge < -0.3 is 20.9 Å². The van der Waals surface area contributed by atoms with Gasteiger partial charge in [0.2, 0.25) is 0 Å². The van der Waals surface area contributed by atoms with Crippen LogP contribution in [0.1, 0.15) is 22.3 Å². The summed E-state index contributed by atoms with van der Waals surface area (Å²) >= 11 is 0. The van der Waals surface area contributed by atoms with Gasteiger partial charge in [-0.25, -0.2) is 0 Å². The molecule has 4 aromatic carbocycles. The number of nitrogens with two attached hydrogens (primary N) is 2. The van der Waals surface area contributed by atoms with Gasteiger partial charge in [0.25, 0.3) is 0 Å². The van der Waals surface area contributed by atoms with Crippen molar-refractivity contribution < 1.29 is 62.2 Å². The van der Waals surface area contributed by atoms with Crippen LogP contribution in [0.3, 0.4) is 0 Å². The summed E-state index contributed by atoms with van der Waals surface area (Å²) in [5, 5.41) is 0. The zero-order valence-corrected chi connectivity index (χ0v) is 21.4. The Morgan fingerprint density at radius 1 is 0.386 bits per heavy atom. The van der Waals surface area contributed by atoms with E-state index in [1.54, 1.807) is 0 Å². The average molecular weight is 640 g/mol. The molecule has 0 radical (unpaired) electrons. The molecule has 4 rings (SSSR count). The molecule has 0 bridgehead atoms. The Bertz CT molecular complexity index is 1460. The SMILES string of the molecule is Nc1cc(C(F)(F)F)c(Oc2ccc(-c3ccc(Oc4c(C(F)(F)F)cc(N)cc4C(F)(F)F)cc3)cc2)c(C(F)(F)F)c1. The summed E-state index contributed by atoms with van der Waals surface area (Å²) < 4.78 is 172. The molecule has 0 aromatic heterocycles. The molecule has 0 fully saturated rings. The molecule has 4 N–H and O–H groups in total. The van der Waals surface area contributed by atoms with Crippen molar-refractivity contribution in [1.82, 2.24) is 0 Å². The van der Waals surface area contributed by atoms with Gasteiger partial charge in [0.15, 0.2) is 11.5 Å². The van der Waals surface area contributed by atoms with Crippen LogP contribution >= 0.6 is 0 Å². The Morgan fingerprint density at radius 3 is 0.818 bits per heavy atom. The lowest BCUT2D eigenvalue weighted by atomic mass is 10.0. The summed E-state index contributed by atoms with van der Waals surface area (Å²) in [6.45, 7) is 0. The van der Waals surface area contributed by atoms with Crippen LogP contribution < -0.4 is 20.9 Å². The molecule has 0 heterocycles. The number of ether oxygens (including phenoxy) is 2. The van der Waals surface area contributed by atoms with Gasteiger partial charge in [0.05, 0.1) is 0 Å². The fraction of sp³-hybridized carbons (Fsp3) is 0.143. The number of rotatable bonds is 5. The fourth-order valence-corrected chi connectivity index (χ4v) is 4.03. The van der Waals surface area contributed by atoms with Crippen LogP contribution in [0, 0.1) is 0 Å². The standard InChI is InChI=1S/C28H16F12N2O2/c29-25(30,31)19-9-15(41)10-20(26(32,33)34)23(19)43-17-5-1-13(2-6-17)14-3-7-18(8-4-14)44-24-21(27(35,36)37)11-16(42)12-22(24)28(38,39)40/h1-12H,41-42H2. The third-order valence-corrected chi connectivity index (χ3v) is 5.93. The molecule has 0 spiro atoms. The minimum atomic E-state index is -5.25. The van der Waals surface area contributed by atoms with Crippen molar-refractivity contribution in [3.05, 3.63) is 95.1 Å². The summed E-state index contributed by atoms with van der Waals surface area (Å²) in [5.74, 6) is -3.88. The van der Waals surface area contributed by atoms with Gasteiger partial charge in [0, 0.05) is 11.4 Å². The number of benzene rings is 4. The Labute approximate surface area is 239 Å². The van der Waals surface area contributed by atoms with Crippen LogP contribution in [0.25, 0.3) is 11.1 Å². The van der Waals surface area contributed by atoms with Crippen LogP contribution in [-0.4, -0.2) is 0 Å². The maximum absolute atomic E-state index is 13.5. The molecule has 4 nitrogen and oxygen atoms in total. The van der Waals surface area contributed by atoms with E-state index in [1.165, 1.54) is 24.3 Å². The van der Waals surface area contributed by atoms with Crippen LogP contribution in [-0.2, 0) is 24.7 Å². The molecule has 0 unspecified atom stereocenters. The van der Waals surface area contributed by atoms with E-state index in [0.29, 0.717) is 35.4 Å². The summed E-state index contributed by atoms with van der Waals surface area (Å²) in [5.41, 5.74) is 2.47. The maximum atomic E-state index is 13.5. The zero-order valence-electron chi connectivity index (χ0n) is 21.4. The molecular weight excluding hydrogens is 624 g/mol. The van der Waals surface area contributed by atoms with E-state index in [9.17, 15) is 52.7 Å². The Kier molecular flexibility index (Phi) is 8.09. The quantitative estimate of drug-likeness (QED) is 0.168. The second-order valence-corrected chi connectivity index (χ2v) is 9.13. The highest BCUT2D eigenvalue weighted by Gasteiger charge is 2.44. The van der Waals surface area contributed by atoms with Crippen molar-refractivity contribution in [1.29, 1.82) is 0 Å². The van der Waals surface area contributed by atoms with Crippen molar-refractivity contribution >= 4 is 11.4 Å². The van der Waals surface area contributed by atoms with Crippen LogP contribution in [0.2, 0.25) is 0 Å². The molecule has 0 aliphatic heterocycles. The van der Waals surface area contributed by atoms with Gasteiger partial charge in [-0.05, 0) is 59.7 Å². The number of hydrogen-bond acceptors (Lipinski definition) is 4. The first-order chi connectivity index (χ1) is 20.1. The number of nitrogen functional groups attached to an aromatic ring is 2. The highest BCUT2D eigenvalue weighted by Crippen LogP contribution is 2.48. The first kappa shape index (κ1) is 32.2. The van der Waals surface area contributed by atoms with Crippen molar-refractivity contribution in [3.63, 3.8) is 0 Å². The Morgan fingerprint density at radius 2 is 0.614 bits per heavy atom. The van der Waals surface area contributed by atoms with E-state index in [2.05, 4.69) is 0 Å². The third-order valence-electron chi connectivity index (χ3n) is 5.93. The maximum Gasteiger partial charge on any atom is 0.420 e. The summed E-state index contributed by atoms with van der Waals surface area (Å²) in [7, 11) is 0. The van der Waals surface area contributed by atoms with Crippen molar-refractivity contribution in [3.8, 4) is 34.1 Å². The molecule has 0 amide bonds. The molecule has 16 heteroatoms. The molecule has 0 saturated carbocycles. The molecule has 0 atom stereocenters. The molecule has 234 valence electrons. The molecular formula is C28H16F12N2O2. The predicted octanol–water partition coefficient (Wildman–Crippen LogP) is 10.2. The Balaban J connectivity index is 1.63. The zero-order chi connectivity index (χ0) is 32.8. The van der Waals surface area contributed by atoms with Gasteiger partial charge in [-0.3, -0.25) is 0 Å². The lowest BCUT2D eigenvalue weighted by Gasteiger charge is -2.20. The van der Waals surface area contributed by atoms with Gasteiger partial charge in [0.1, 0.15) is 33.8 Å². The number of hydrogen-bond donors (Lipinski definition) is 2. The molecule has 44 heavy (non-hydrogen) atoms. The number of halogens is 12. The summed E-state index contributed by atoms with van der Waals surface area (Å²) in [4.78, 5) is 0. The molecule has 0 saturated heterocycles. The van der Waals surface area contributed by atoms with Crippen molar-refractivity contribution in [2.45, 2.75) is 24.7 Å². The van der Waals surface area contributed by atoms with Crippen LogP contribution in [0.5, 0.6) is 23.0 Å². The van der Waals surface area contributed by atoms with E-state index in [-0.39, 0.29) is 0 Å². The summed E-state index contributed by atoms with van der Waals surface area (Å²) in [6, 6.07) is 10.4. The summed E-state index contributed by atoms with van der Waals surface area (Å²) in [6.07, 6.45) is -21.0. The normalized spacial score (nSPS) is 12.7. The number of alkyl halides is 12. The number of anilines is 2. The van der Waals surface area contributed by atoms with Crippen molar-refractivity contribution in [2.75, 3.05) is 11.5 Å². The van der Waals surface area contributed by atoms with E-state index in [1.807, 2.05) is 0 Å². The first-order valence-corrected chi connectivity index (χ1v) is 11.9. The molecule has 4 aromatic rings. The van der Waals surface area contributed by atoms with Gasteiger partial charge in [-0.2, -0.15) is 52.7 Å². The predicted molar refractivity (Wildman–Crippen MR) is 134 cm³/mol. The highest BCUT2D eigenvalue weighted by molar-refractivity contribution is 5.66. The van der Waals surface area contributed by atoms with Crippen molar-refractivity contribution in [2.24, 2.45) is 0 Å². The second kappa shape index (κ2) is 11.1. The van der Waals surface area contributed by atoms with Gasteiger partial charge >= 0.3 is 24.7 Å². The van der Waals surface area contributed by atoms with E-state index >= 15 is 0 Å². The average Bonchev–Trinajstić information content (AvgIpc) is 2.88. The molecule has 0 aliphatic carbocycles. The Hall–Kier alpha value is -4.76. The topological polar surface area (TPSA) is 70.5 Å². The first-order valence-electron chi connectivity index (χ1n) is 11.9. The van der Waals surface area contributed by atoms with Gasteiger partial charge in [-0.15, -0.1) is 0 Å². The minimum absolute atomic E-state index is 0.294. The van der Waals surface area contributed by atoms with E-state index < -0.39 is 81.3 Å². The van der Waals surface area contributed by atoms with Crippen LogP contribution in [0.4, 0.5) is 64.1 Å². The lowest BCUT2D eigenvalue weighted by Crippen LogP contribution is -2.15. The smallest absolute Gasteiger partial charge is 0.420 e. The second-order valence-electron chi connectivity index (χ2n) is 9.13. The minimum Gasteiger partial charge on any atom is -0.456 e. The molecule has 0 aliphatic rings. The van der Waals surface area contributed by atoms with Gasteiger partial charge in [-0.1, -0.05) is 24.3 Å². The largest absolute Gasteiger partial charge is 0.456 e. The van der Waals surface area contributed by atoms with Crippen LogP contribution in [0.15, 0.2) is 72.8 Å². The lowest BCUT2D eigenvalue weighted by molar-refractivity contribution is -0.146.